The van der Waals surface area contributed by atoms with Gasteiger partial charge in [-0.1, -0.05) is 0 Å². The van der Waals surface area contributed by atoms with E-state index in [1.54, 1.807) is 0 Å². The molecule has 1 aliphatic rings. The van der Waals surface area contributed by atoms with E-state index in [2.05, 4.69) is 10.3 Å². The predicted molar refractivity (Wildman–Crippen MR) is 72.9 cm³/mol. The van der Waals surface area contributed by atoms with Crippen LogP contribution in [0.15, 0.2) is 12.1 Å². The summed E-state index contributed by atoms with van der Waals surface area (Å²) in [6.45, 7) is 0. The highest BCUT2D eigenvalue weighted by molar-refractivity contribution is 7.15. The van der Waals surface area contributed by atoms with Gasteiger partial charge in [-0.25, -0.2) is 13.8 Å². The number of benzene rings is 1. The zero-order valence-corrected chi connectivity index (χ0v) is 11.2. The molecule has 0 atom stereocenters. The minimum atomic E-state index is -0.923. The number of nitrogen functional groups attached to an aromatic ring is 1. The summed E-state index contributed by atoms with van der Waals surface area (Å²) < 4.78 is 26.9. The third kappa shape index (κ3) is 2.24. The number of aromatic nitrogens is 1. The average molecular weight is 295 g/mol. The predicted octanol–water partition coefficient (Wildman–Crippen LogP) is 2.74. The summed E-state index contributed by atoms with van der Waals surface area (Å²) in [6, 6.07) is 1.66. The summed E-state index contributed by atoms with van der Waals surface area (Å²) in [7, 11) is 0. The van der Waals surface area contributed by atoms with Crippen molar-refractivity contribution < 1.29 is 13.6 Å². The molecule has 1 aromatic heterocycles. The Morgan fingerprint density at radius 3 is 2.90 bits per heavy atom. The quantitative estimate of drug-likeness (QED) is 0.837. The average Bonchev–Trinajstić information content (AvgIpc) is 2.94. The minimum absolute atomic E-state index is 0.392. The van der Waals surface area contributed by atoms with Crippen LogP contribution in [0.4, 0.5) is 19.6 Å². The molecular weight excluding hydrogens is 284 g/mol. The summed E-state index contributed by atoms with van der Waals surface area (Å²) >= 11 is 1.37. The fourth-order valence-corrected chi connectivity index (χ4v) is 3.23. The van der Waals surface area contributed by atoms with Crippen molar-refractivity contribution in [2.45, 2.75) is 19.3 Å². The number of carbonyl (C=O) groups is 1. The van der Waals surface area contributed by atoms with Crippen LogP contribution in [0.25, 0.3) is 0 Å². The second-order valence-corrected chi connectivity index (χ2v) is 5.64. The molecule has 1 aliphatic carbocycles. The van der Waals surface area contributed by atoms with Gasteiger partial charge in [-0.05, 0) is 31.4 Å². The Morgan fingerprint density at radius 2 is 2.15 bits per heavy atom. The molecular formula is C13H11F2N3OS. The van der Waals surface area contributed by atoms with Gasteiger partial charge in [0.2, 0.25) is 0 Å². The first kappa shape index (κ1) is 13.0. The number of hydrogen-bond acceptors (Lipinski definition) is 4. The number of halogens is 2. The van der Waals surface area contributed by atoms with E-state index in [1.165, 1.54) is 11.3 Å². The highest BCUT2D eigenvalue weighted by Crippen LogP contribution is 2.30. The number of nitrogens with two attached hydrogens (primary N) is 1. The number of rotatable bonds is 2. The first-order valence-electron chi connectivity index (χ1n) is 6.09. The van der Waals surface area contributed by atoms with Crippen molar-refractivity contribution in [1.29, 1.82) is 0 Å². The van der Waals surface area contributed by atoms with Crippen LogP contribution in [0.5, 0.6) is 0 Å². The van der Waals surface area contributed by atoms with E-state index in [0.29, 0.717) is 5.13 Å². The Bertz CT molecular complexity index is 678. The van der Waals surface area contributed by atoms with Crippen LogP contribution in [-0.4, -0.2) is 10.9 Å². The first-order chi connectivity index (χ1) is 9.54. The molecule has 1 heterocycles. The maximum absolute atomic E-state index is 13.7. The molecule has 0 spiro atoms. The zero-order valence-electron chi connectivity index (χ0n) is 10.4. The second-order valence-electron chi connectivity index (χ2n) is 4.55. The molecule has 1 aromatic carbocycles. The lowest BCUT2D eigenvalue weighted by Crippen LogP contribution is -2.15. The van der Waals surface area contributed by atoms with Crippen LogP contribution >= 0.6 is 11.3 Å². The molecule has 0 fully saturated rings. The van der Waals surface area contributed by atoms with Crippen molar-refractivity contribution in [3.8, 4) is 0 Å². The summed E-state index contributed by atoms with van der Waals surface area (Å²) in [6.07, 6.45) is 2.91. The smallest absolute Gasteiger partial charge is 0.260 e. The van der Waals surface area contributed by atoms with Gasteiger partial charge in [-0.2, -0.15) is 0 Å². The maximum Gasteiger partial charge on any atom is 0.260 e. The maximum atomic E-state index is 13.7. The number of fused-ring (bicyclic) bond motifs is 1. The Morgan fingerprint density at radius 1 is 1.35 bits per heavy atom. The fraction of sp³-hybridized carbons (Fsp3) is 0.231. The van der Waals surface area contributed by atoms with E-state index in [4.69, 9.17) is 5.73 Å². The van der Waals surface area contributed by atoms with E-state index in [-0.39, 0.29) is 0 Å². The van der Waals surface area contributed by atoms with Gasteiger partial charge in [0.25, 0.3) is 5.91 Å². The summed E-state index contributed by atoms with van der Waals surface area (Å²) in [5.41, 5.74) is 5.47. The Labute approximate surface area is 117 Å². The Kier molecular flexibility index (Phi) is 3.13. The van der Waals surface area contributed by atoms with Gasteiger partial charge < -0.3 is 5.73 Å². The number of amides is 1. The third-order valence-corrected chi connectivity index (χ3v) is 4.20. The first-order valence-corrected chi connectivity index (χ1v) is 6.90. The molecule has 0 radical (unpaired) electrons. The molecule has 0 saturated heterocycles. The molecule has 0 unspecified atom stereocenters. The number of carbonyl (C=O) groups excluding carboxylic acids is 1. The summed E-state index contributed by atoms with van der Waals surface area (Å²) in [5.74, 6) is -2.43. The van der Waals surface area contributed by atoms with Crippen molar-refractivity contribution in [3.63, 3.8) is 0 Å². The Hall–Kier alpha value is -2.02. The standard InChI is InChI=1S/C13H11F2N3OS/c14-6-4-7(11(15)8(16)5-6)12(19)18-13-17-9-2-1-3-10(9)20-13/h4-5H,1-3,16H2,(H,17,18,19). The van der Waals surface area contributed by atoms with Gasteiger partial charge >= 0.3 is 0 Å². The molecule has 0 bridgehead atoms. The van der Waals surface area contributed by atoms with Gasteiger partial charge in [0.05, 0.1) is 16.9 Å². The minimum Gasteiger partial charge on any atom is -0.396 e. The lowest BCUT2D eigenvalue weighted by Gasteiger charge is -2.05. The number of aryl methyl sites for hydroxylation is 2. The third-order valence-electron chi connectivity index (χ3n) is 3.13. The van der Waals surface area contributed by atoms with Crippen molar-refractivity contribution >= 4 is 28.1 Å². The lowest BCUT2D eigenvalue weighted by molar-refractivity contribution is 0.102. The highest BCUT2D eigenvalue weighted by Gasteiger charge is 2.20. The van der Waals surface area contributed by atoms with Crippen molar-refractivity contribution in [2.24, 2.45) is 0 Å². The molecule has 1 amide bonds. The summed E-state index contributed by atoms with van der Waals surface area (Å²) in [4.78, 5) is 17.4. The van der Waals surface area contributed by atoms with E-state index in [0.717, 1.165) is 42.0 Å². The number of nitrogens with zero attached hydrogens (tertiary/aromatic N) is 1. The molecule has 0 aliphatic heterocycles. The molecule has 3 rings (SSSR count). The van der Waals surface area contributed by atoms with Crippen LogP contribution in [0.1, 0.15) is 27.3 Å². The number of thiazole rings is 1. The molecule has 0 saturated carbocycles. The molecule has 7 heteroatoms. The van der Waals surface area contributed by atoms with E-state index >= 15 is 0 Å². The SMILES string of the molecule is Nc1cc(F)cc(C(=O)Nc2nc3c(s2)CCC3)c1F. The van der Waals surface area contributed by atoms with Crippen molar-refractivity contribution in [3.05, 3.63) is 39.9 Å². The lowest BCUT2D eigenvalue weighted by atomic mass is 10.1. The largest absolute Gasteiger partial charge is 0.396 e. The second kappa shape index (κ2) is 4.82. The molecule has 4 nitrogen and oxygen atoms in total. The normalized spacial score (nSPS) is 13.3. The van der Waals surface area contributed by atoms with Crippen LogP contribution < -0.4 is 11.1 Å². The van der Waals surface area contributed by atoms with Gasteiger partial charge in [0.1, 0.15) is 5.82 Å². The van der Waals surface area contributed by atoms with Gasteiger partial charge in [0, 0.05) is 4.88 Å². The van der Waals surface area contributed by atoms with E-state index in [1.807, 2.05) is 0 Å². The monoisotopic (exact) mass is 295 g/mol. The Balaban J connectivity index is 1.86. The van der Waals surface area contributed by atoms with Crippen LogP contribution in [0.3, 0.4) is 0 Å². The van der Waals surface area contributed by atoms with Crippen LogP contribution in [-0.2, 0) is 12.8 Å². The van der Waals surface area contributed by atoms with Crippen LogP contribution in [0.2, 0.25) is 0 Å². The molecule has 3 N–H and O–H groups in total. The number of hydrogen-bond donors (Lipinski definition) is 2. The zero-order chi connectivity index (χ0) is 14.3. The number of anilines is 2. The molecule has 2 aromatic rings. The van der Waals surface area contributed by atoms with E-state index < -0.39 is 28.8 Å². The molecule has 20 heavy (non-hydrogen) atoms. The van der Waals surface area contributed by atoms with Crippen molar-refractivity contribution in [1.82, 2.24) is 4.98 Å². The van der Waals surface area contributed by atoms with Gasteiger partial charge in [0.15, 0.2) is 10.9 Å². The highest BCUT2D eigenvalue weighted by atomic mass is 32.1. The fourth-order valence-electron chi connectivity index (χ4n) is 2.18. The topological polar surface area (TPSA) is 68.0 Å². The van der Waals surface area contributed by atoms with Gasteiger partial charge in [-0.15, -0.1) is 11.3 Å². The van der Waals surface area contributed by atoms with Crippen molar-refractivity contribution in [2.75, 3.05) is 11.1 Å². The van der Waals surface area contributed by atoms with E-state index in [9.17, 15) is 13.6 Å². The number of nitrogens with one attached hydrogen (secondary N) is 1. The summed E-state index contributed by atoms with van der Waals surface area (Å²) in [5, 5.41) is 2.89. The van der Waals surface area contributed by atoms with Gasteiger partial charge in [-0.3, -0.25) is 10.1 Å². The van der Waals surface area contributed by atoms with Crippen LogP contribution in [0, 0.1) is 11.6 Å². The molecule has 104 valence electrons.